The second-order valence-corrected chi connectivity index (χ2v) is 15.4. The number of aliphatic carboxylic acids is 1. The van der Waals surface area contributed by atoms with Crippen LogP contribution in [0.1, 0.15) is 57.6 Å². The quantitative estimate of drug-likeness (QED) is 0.0940. The molecule has 0 fully saturated rings. The van der Waals surface area contributed by atoms with Gasteiger partial charge in [-0.2, -0.15) is 10.2 Å². The number of nitrogens with zero attached hydrogens (tertiary/aromatic N) is 8. The van der Waals surface area contributed by atoms with Gasteiger partial charge in [0.05, 0.1) is 32.5 Å². The van der Waals surface area contributed by atoms with Crippen LogP contribution in [0.3, 0.4) is 0 Å². The molecule has 0 saturated carbocycles. The molecule has 2 aliphatic heterocycles. The van der Waals surface area contributed by atoms with Crippen molar-refractivity contribution in [1.82, 2.24) is 25.3 Å². The van der Waals surface area contributed by atoms with E-state index in [4.69, 9.17) is 45.5 Å². The number of hydrogen-bond acceptors (Lipinski definition) is 13. The van der Waals surface area contributed by atoms with E-state index in [2.05, 4.69) is 45.7 Å². The smallest absolute Gasteiger partial charge is 0.352 e. The first-order valence-electron chi connectivity index (χ1n) is 19.1. The second kappa shape index (κ2) is 22.3. The first kappa shape index (κ1) is 49.6. The number of amides is 1. The van der Waals surface area contributed by atoms with E-state index < -0.39 is 5.97 Å². The minimum absolute atomic E-state index is 0. The summed E-state index contributed by atoms with van der Waals surface area (Å²) < 4.78 is 0. The minimum atomic E-state index is -1.02. The van der Waals surface area contributed by atoms with E-state index in [0.717, 1.165) is 78.0 Å². The fourth-order valence-electron chi connectivity index (χ4n) is 6.85. The molecule has 328 valence electrons. The van der Waals surface area contributed by atoms with E-state index in [0.29, 0.717) is 66.2 Å². The van der Waals surface area contributed by atoms with Crippen molar-refractivity contribution in [3.8, 4) is 0 Å². The molecule has 1 amide bonds. The zero-order chi connectivity index (χ0) is 43.8. The van der Waals surface area contributed by atoms with E-state index in [1.165, 1.54) is 0 Å². The third-order valence-electron chi connectivity index (χ3n) is 9.89. The average molecular weight is 933 g/mol. The standard InChI is InChI=1S/C22H21ClN6O.C14H10ClN3O2.C8H13N3.2ClH/c1-12-5-21(24)27-13(2)18(12)11-26-22(30)20-9-17(28-29-20)7-14-3-4-19-15(6-14)8-16(23)10-25-19;15-10-5-9-3-8(1-2-12(9)16-7-10)4-11-6-13(14(19)20)18-17-11;1-5-3-8(10)11-6(2)7(5)4-9;;/h3-6,8,10H,7,9,11H2,1-2H3,(H2,24,27)(H,26,30);1-3,5,7H,4,6H2,(H,19,20);3H,4,9H2,1-2H3,(H2,10,11);2*1H. The van der Waals surface area contributed by atoms with E-state index in [-0.39, 0.29) is 36.4 Å². The molecule has 0 bridgehead atoms. The number of carbonyl (C=O) groups excluding carboxylic acids is 1. The molecule has 2 aliphatic rings. The fourth-order valence-corrected chi connectivity index (χ4v) is 7.18. The zero-order valence-corrected chi connectivity index (χ0v) is 38.0. The molecule has 0 spiro atoms. The number of aryl methyl sites for hydroxylation is 4. The Morgan fingerprint density at radius 3 is 1.57 bits per heavy atom. The molecule has 2 aromatic carbocycles. The Bertz CT molecular complexity index is 2770. The van der Waals surface area contributed by atoms with Crippen LogP contribution in [0.15, 0.2) is 93.5 Å². The van der Waals surface area contributed by atoms with Gasteiger partial charge in [-0.1, -0.05) is 35.3 Å². The van der Waals surface area contributed by atoms with Gasteiger partial charge in [0.25, 0.3) is 5.91 Å². The van der Waals surface area contributed by atoms with Crippen LogP contribution >= 0.6 is 48.0 Å². The van der Waals surface area contributed by atoms with Gasteiger partial charge < -0.3 is 27.6 Å². The maximum absolute atomic E-state index is 12.5. The Balaban J connectivity index is 0.000000227. The van der Waals surface area contributed by atoms with E-state index in [9.17, 15) is 9.59 Å². The van der Waals surface area contributed by atoms with Gasteiger partial charge in [0.2, 0.25) is 0 Å². The monoisotopic (exact) mass is 930 g/mol. The number of pyridine rings is 4. The number of rotatable bonds is 9. The van der Waals surface area contributed by atoms with Gasteiger partial charge in [-0.25, -0.2) is 14.8 Å². The molecule has 0 radical (unpaired) electrons. The molecule has 6 aromatic rings. The summed E-state index contributed by atoms with van der Waals surface area (Å²) >= 11 is 12.0. The lowest BCUT2D eigenvalue weighted by Crippen LogP contribution is -2.31. The average Bonchev–Trinajstić information content (AvgIpc) is 3.88. The first-order valence-corrected chi connectivity index (χ1v) is 19.9. The number of carboxylic acid groups (broad SMARTS) is 1. The van der Waals surface area contributed by atoms with Crippen LogP contribution in [0, 0.1) is 27.7 Å². The highest BCUT2D eigenvalue weighted by atomic mass is 35.5. The molecule has 4 aromatic heterocycles. The summed E-state index contributed by atoms with van der Waals surface area (Å²) in [6.45, 7) is 8.65. The van der Waals surface area contributed by atoms with Crippen LogP contribution in [0.4, 0.5) is 11.6 Å². The predicted molar refractivity (Wildman–Crippen MR) is 258 cm³/mol. The molecule has 0 atom stereocenters. The third kappa shape index (κ3) is 13.2. The van der Waals surface area contributed by atoms with Gasteiger partial charge in [0.1, 0.15) is 17.3 Å². The van der Waals surface area contributed by atoms with E-state index in [1.807, 2.05) is 82.3 Å². The highest BCUT2D eigenvalue weighted by Crippen LogP contribution is 2.22. The lowest BCUT2D eigenvalue weighted by molar-refractivity contribution is -0.129. The minimum Gasteiger partial charge on any atom is -0.477 e. The number of benzene rings is 2. The van der Waals surface area contributed by atoms with Crippen molar-refractivity contribution in [3.05, 3.63) is 128 Å². The van der Waals surface area contributed by atoms with Gasteiger partial charge in [0, 0.05) is 73.3 Å². The maximum Gasteiger partial charge on any atom is 0.352 e. The van der Waals surface area contributed by atoms with E-state index >= 15 is 0 Å². The number of nitrogen functional groups attached to an aromatic ring is 2. The third-order valence-corrected chi connectivity index (χ3v) is 10.3. The maximum atomic E-state index is 12.5. The Hall–Kier alpha value is -6.10. The summed E-state index contributed by atoms with van der Waals surface area (Å²) in [7, 11) is 0. The van der Waals surface area contributed by atoms with Crippen LogP contribution in [0.5, 0.6) is 0 Å². The molecule has 0 aliphatic carbocycles. The van der Waals surface area contributed by atoms with Gasteiger partial charge in [-0.15, -0.1) is 35.0 Å². The number of anilines is 2. The van der Waals surface area contributed by atoms with Crippen LogP contribution < -0.4 is 22.5 Å². The topological polar surface area (TPSA) is 245 Å². The molecule has 19 heteroatoms. The normalized spacial score (nSPS) is 12.6. The summed E-state index contributed by atoms with van der Waals surface area (Å²) in [6.07, 6.45) is 5.15. The predicted octanol–water partition coefficient (Wildman–Crippen LogP) is 7.84. The zero-order valence-electron chi connectivity index (χ0n) is 34.8. The number of fused-ring (bicyclic) bond motifs is 2. The summed E-state index contributed by atoms with van der Waals surface area (Å²) in [6, 6.07) is 19.2. The number of halogens is 4. The Morgan fingerprint density at radius 1 is 0.667 bits per heavy atom. The number of carbonyl (C=O) groups is 2. The molecule has 15 nitrogen and oxygen atoms in total. The van der Waals surface area contributed by atoms with Crippen LogP contribution in [-0.4, -0.2) is 59.8 Å². The molecule has 6 heterocycles. The first-order chi connectivity index (χ1) is 29.1. The highest BCUT2D eigenvalue weighted by molar-refractivity contribution is 6.43. The number of nitrogens with two attached hydrogens (primary N) is 3. The molecule has 8 N–H and O–H groups in total. The van der Waals surface area contributed by atoms with Crippen molar-refractivity contribution in [1.29, 1.82) is 0 Å². The van der Waals surface area contributed by atoms with Gasteiger partial charge in [-0.3, -0.25) is 14.8 Å². The van der Waals surface area contributed by atoms with Crippen LogP contribution in [0.2, 0.25) is 10.0 Å². The Labute approximate surface area is 386 Å². The Kier molecular flexibility index (Phi) is 17.5. The fraction of sp³-hybridized carbons (Fsp3) is 0.227. The van der Waals surface area contributed by atoms with Crippen molar-refractivity contribution < 1.29 is 14.7 Å². The number of aromatic nitrogens is 4. The summed E-state index contributed by atoms with van der Waals surface area (Å²) in [5.41, 5.74) is 28.7. The molecular weight excluding hydrogens is 886 g/mol. The summed E-state index contributed by atoms with van der Waals surface area (Å²) in [4.78, 5) is 40.2. The molecule has 8 rings (SSSR count). The SMILES string of the molecule is Cc1cc(N)nc(C)c1CN.Cc1cc(N)nc(C)c1CNC(=O)C1=NN=C(Cc2ccc3ncc(Cl)cc3c2)C1.Cl.Cl.O=C(O)C1=NN=C(Cc2ccc3ncc(Cl)cc3c2)C1. The van der Waals surface area contributed by atoms with Crippen molar-refractivity contribution in [2.45, 2.75) is 66.5 Å². The van der Waals surface area contributed by atoms with Crippen LogP contribution in [-0.2, 0) is 35.5 Å². The molecule has 63 heavy (non-hydrogen) atoms. The van der Waals surface area contributed by atoms with Crippen molar-refractivity contribution in [2.24, 2.45) is 26.1 Å². The van der Waals surface area contributed by atoms with Crippen molar-refractivity contribution >= 4 is 116 Å². The molecular formula is C44H46Cl4N12O3. The molecule has 0 unspecified atom stereocenters. The van der Waals surface area contributed by atoms with Crippen LogP contribution in [0.25, 0.3) is 21.8 Å². The number of nitrogens with one attached hydrogen (secondary N) is 1. The van der Waals surface area contributed by atoms with Gasteiger partial charge in [-0.05, 0) is 110 Å². The molecule has 0 saturated heterocycles. The summed E-state index contributed by atoms with van der Waals surface area (Å²) in [5.74, 6) is -0.195. The highest BCUT2D eigenvalue weighted by Gasteiger charge is 2.21. The lowest BCUT2D eigenvalue weighted by Gasteiger charge is -2.11. The lowest BCUT2D eigenvalue weighted by atomic mass is 10.0. The number of carboxylic acids is 1. The van der Waals surface area contributed by atoms with Gasteiger partial charge >= 0.3 is 5.97 Å². The van der Waals surface area contributed by atoms with E-state index in [1.54, 1.807) is 18.5 Å². The summed E-state index contributed by atoms with van der Waals surface area (Å²) in [5, 5.41) is 30.7. The van der Waals surface area contributed by atoms with Crippen molar-refractivity contribution in [2.75, 3.05) is 11.5 Å². The number of hydrogen-bond donors (Lipinski definition) is 5. The Morgan fingerprint density at radius 2 is 1.13 bits per heavy atom. The van der Waals surface area contributed by atoms with Crippen molar-refractivity contribution in [3.63, 3.8) is 0 Å². The van der Waals surface area contributed by atoms with Gasteiger partial charge in [0.15, 0.2) is 5.71 Å². The second-order valence-electron chi connectivity index (χ2n) is 14.5. The largest absolute Gasteiger partial charge is 0.477 e.